The predicted molar refractivity (Wildman–Crippen MR) is 78.8 cm³/mol. The Hall–Kier alpha value is -2.62. The fraction of sp³-hybridized carbons (Fsp3) is 0.176. The minimum absolute atomic E-state index is 0.0653. The molecular formula is C17H16O4. The minimum Gasteiger partial charge on any atom is -0.507 e. The molecule has 21 heavy (non-hydrogen) atoms. The molecule has 0 aliphatic carbocycles. The molecule has 2 aromatic carbocycles. The second-order valence-electron chi connectivity index (χ2n) is 4.77. The van der Waals surface area contributed by atoms with Gasteiger partial charge in [-0.25, -0.2) is 4.79 Å². The van der Waals surface area contributed by atoms with Crippen LogP contribution in [-0.2, 0) is 6.42 Å². The molecule has 0 fully saturated rings. The molecule has 2 aromatic rings. The van der Waals surface area contributed by atoms with Crippen LogP contribution in [0.3, 0.4) is 0 Å². The Balaban J connectivity index is 2.04. The molecule has 108 valence electrons. The number of hydrogen-bond donors (Lipinski definition) is 2. The highest BCUT2D eigenvalue weighted by Crippen LogP contribution is 2.22. The zero-order chi connectivity index (χ0) is 15.2. The number of Topliss-reactive ketones (excluding diaryl/α,β-unsaturated/α-hetero) is 1. The summed E-state index contributed by atoms with van der Waals surface area (Å²) in [5.74, 6) is -1.94. The van der Waals surface area contributed by atoms with Crippen LogP contribution in [0.1, 0.15) is 39.1 Å². The number of aryl methyl sites for hydroxylation is 1. The Bertz CT molecular complexity index is 647. The zero-order valence-electron chi connectivity index (χ0n) is 11.5. The Morgan fingerprint density at radius 3 is 2.33 bits per heavy atom. The van der Waals surface area contributed by atoms with Crippen molar-refractivity contribution in [2.45, 2.75) is 19.3 Å². The van der Waals surface area contributed by atoms with E-state index in [1.807, 2.05) is 30.3 Å². The zero-order valence-corrected chi connectivity index (χ0v) is 11.5. The van der Waals surface area contributed by atoms with Gasteiger partial charge in [0.15, 0.2) is 5.78 Å². The van der Waals surface area contributed by atoms with Crippen LogP contribution in [0, 0.1) is 0 Å². The summed E-state index contributed by atoms with van der Waals surface area (Å²) in [5.41, 5.74) is 0.887. The molecule has 0 aliphatic rings. The highest BCUT2D eigenvalue weighted by Gasteiger charge is 2.19. The first-order valence-corrected chi connectivity index (χ1v) is 6.72. The van der Waals surface area contributed by atoms with Gasteiger partial charge in [0.25, 0.3) is 0 Å². The molecule has 0 aromatic heterocycles. The molecule has 4 nitrogen and oxygen atoms in total. The number of hydrogen-bond acceptors (Lipinski definition) is 3. The standard InChI is InChI=1S/C17H16O4/c18-14(10-4-8-12-6-2-1-3-7-12)13-9-5-11-15(19)16(13)17(20)21/h1-3,5-7,9,11,19H,4,8,10H2,(H,20,21). The van der Waals surface area contributed by atoms with Crippen molar-refractivity contribution in [3.05, 3.63) is 65.2 Å². The van der Waals surface area contributed by atoms with Crippen molar-refractivity contribution in [1.82, 2.24) is 0 Å². The lowest BCUT2D eigenvalue weighted by molar-refractivity contribution is 0.0688. The third-order valence-electron chi connectivity index (χ3n) is 3.27. The Labute approximate surface area is 122 Å². The van der Waals surface area contributed by atoms with Crippen molar-refractivity contribution in [3.8, 4) is 5.75 Å². The number of aromatic carboxylic acids is 1. The summed E-state index contributed by atoms with van der Waals surface area (Å²) in [4.78, 5) is 23.3. The van der Waals surface area contributed by atoms with Crippen LogP contribution in [0.4, 0.5) is 0 Å². The second-order valence-corrected chi connectivity index (χ2v) is 4.77. The summed E-state index contributed by atoms with van der Waals surface area (Å²) in [6.07, 6.45) is 1.64. The number of benzene rings is 2. The third kappa shape index (κ3) is 3.69. The molecule has 0 heterocycles. The van der Waals surface area contributed by atoms with E-state index < -0.39 is 5.97 Å². The molecule has 0 spiro atoms. The summed E-state index contributed by atoms with van der Waals surface area (Å²) < 4.78 is 0. The lowest BCUT2D eigenvalue weighted by Gasteiger charge is -2.07. The summed E-state index contributed by atoms with van der Waals surface area (Å²) in [7, 11) is 0. The third-order valence-corrected chi connectivity index (χ3v) is 3.27. The van der Waals surface area contributed by atoms with Gasteiger partial charge in [-0.15, -0.1) is 0 Å². The van der Waals surface area contributed by atoms with E-state index in [0.29, 0.717) is 6.42 Å². The summed E-state index contributed by atoms with van der Waals surface area (Å²) in [5, 5.41) is 18.7. The van der Waals surface area contributed by atoms with Crippen LogP contribution in [0.25, 0.3) is 0 Å². The van der Waals surface area contributed by atoms with Crippen LogP contribution >= 0.6 is 0 Å². The minimum atomic E-state index is -1.29. The van der Waals surface area contributed by atoms with Crippen LogP contribution in [0.15, 0.2) is 48.5 Å². The molecule has 0 saturated heterocycles. The molecule has 0 bridgehead atoms. The number of carbonyl (C=O) groups is 2. The van der Waals surface area contributed by atoms with Crippen molar-refractivity contribution in [1.29, 1.82) is 0 Å². The van der Waals surface area contributed by atoms with Gasteiger partial charge in [0.1, 0.15) is 11.3 Å². The van der Waals surface area contributed by atoms with Gasteiger partial charge in [-0.1, -0.05) is 42.5 Å². The van der Waals surface area contributed by atoms with Gasteiger partial charge in [-0.3, -0.25) is 4.79 Å². The molecule has 0 aliphatic heterocycles. The van der Waals surface area contributed by atoms with Crippen LogP contribution in [0.5, 0.6) is 5.75 Å². The first-order chi connectivity index (χ1) is 10.1. The maximum Gasteiger partial charge on any atom is 0.340 e. The predicted octanol–water partition coefficient (Wildman–Crippen LogP) is 3.30. The maximum atomic E-state index is 12.1. The number of ketones is 1. The summed E-state index contributed by atoms with van der Waals surface area (Å²) >= 11 is 0. The van der Waals surface area contributed by atoms with E-state index in [4.69, 9.17) is 5.11 Å². The van der Waals surface area contributed by atoms with Crippen molar-refractivity contribution in [3.63, 3.8) is 0 Å². The van der Waals surface area contributed by atoms with Gasteiger partial charge in [0, 0.05) is 12.0 Å². The van der Waals surface area contributed by atoms with Crippen LogP contribution < -0.4 is 0 Å². The molecule has 4 heteroatoms. The van der Waals surface area contributed by atoms with Crippen LogP contribution in [0.2, 0.25) is 0 Å². The fourth-order valence-corrected chi connectivity index (χ4v) is 2.23. The van der Waals surface area contributed by atoms with Crippen molar-refractivity contribution in [2.75, 3.05) is 0 Å². The second kappa shape index (κ2) is 6.70. The van der Waals surface area contributed by atoms with E-state index in [1.165, 1.54) is 18.2 Å². The van der Waals surface area contributed by atoms with Gasteiger partial charge in [0.2, 0.25) is 0 Å². The molecule has 2 rings (SSSR count). The normalized spacial score (nSPS) is 10.3. The lowest BCUT2D eigenvalue weighted by atomic mass is 9.98. The monoisotopic (exact) mass is 284 g/mol. The van der Waals surface area contributed by atoms with Gasteiger partial charge >= 0.3 is 5.97 Å². The molecule has 0 radical (unpaired) electrons. The number of aromatic hydroxyl groups is 1. The number of phenols is 1. The average molecular weight is 284 g/mol. The Kier molecular flexibility index (Phi) is 4.72. The Morgan fingerprint density at radius 2 is 1.67 bits per heavy atom. The molecule has 2 N–H and O–H groups in total. The van der Waals surface area contributed by atoms with Crippen molar-refractivity contribution < 1.29 is 19.8 Å². The Morgan fingerprint density at radius 1 is 0.952 bits per heavy atom. The maximum absolute atomic E-state index is 12.1. The SMILES string of the molecule is O=C(CCCc1ccccc1)c1cccc(O)c1C(=O)O. The lowest BCUT2D eigenvalue weighted by Crippen LogP contribution is -2.09. The number of rotatable bonds is 6. The topological polar surface area (TPSA) is 74.6 Å². The van der Waals surface area contributed by atoms with E-state index in [1.54, 1.807) is 0 Å². The average Bonchev–Trinajstić information content (AvgIpc) is 2.47. The van der Waals surface area contributed by atoms with Gasteiger partial charge in [0.05, 0.1) is 0 Å². The molecule has 0 unspecified atom stereocenters. The fourth-order valence-electron chi connectivity index (χ4n) is 2.23. The summed E-state index contributed by atoms with van der Waals surface area (Å²) in [6.45, 7) is 0. The van der Waals surface area contributed by atoms with Gasteiger partial charge in [-0.05, 0) is 24.5 Å². The summed E-state index contributed by atoms with van der Waals surface area (Å²) in [6, 6.07) is 14.0. The smallest absolute Gasteiger partial charge is 0.340 e. The number of carbonyl (C=O) groups excluding carboxylic acids is 1. The van der Waals surface area contributed by atoms with E-state index in [-0.39, 0.29) is 29.1 Å². The molecule has 0 saturated carbocycles. The van der Waals surface area contributed by atoms with Crippen molar-refractivity contribution in [2.24, 2.45) is 0 Å². The van der Waals surface area contributed by atoms with Crippen molar-refractivity contribution >= 4 is 11.8 Å². The quantitative estimate of drug-likeness (QED) is 0.798. The highest BCUT2D eigenvalue weighted by molar-refractivity contribution is 6.07. The number of carboxylic acid groups (broad SMARTS) is 1. The van der Waals surface area contributed by atoms with Crippen LogP contribution in [-0.4, -0.2) is 22.0 Å². The van der Waals surface area contributed by atoms with Gasteiger partial charge in [-0.2, -0.15) is 0 Å². The first-order valence-electron chi connectivity index (χ1n) is 6.72. The first kappa shape index (κ1) is 14.8. The van der Waals surface area contributed by atoms with E-state index in [0.717, 1.165) is 12.0 Å². The van der Waals surface area contributed by atoms with E-state index in [2.05, 4.69) is 0 Å². The van der Waals surface area contributed by atoms with E-state index >= 15 is 0 Å². The largest absolute Gasteiger partial charge is 0.507 e. The highest BCUT2D eigenvalue weighted by atomic mass is 16.4. The van der Waals surface area contributed by atoms with E-state index in [9.17, 15) is 14.7 Å². The molecule has 0 amide bonds. The number of carboxylic acids is 1. The van der Waals surface area contributed by atoms with Gasteiger partial charge < -0.3 is 10.2 Å². The molecule has 0 atom stereocenters. The molecular weight excluding hydrogens is 268 g/mol.